The number of fused-ring (bicyclic) bond motifs is 1. The van der Waals surface area contributed by atoms with Crippen LogP contribution in [0.1, 0.15) is 24.0 Å². The van der Waals surface area contributed by atoms with Crippen molar-refractivity contribution in [2.75, 3.05) is 6.61 Å². The third kappa shape index (κ3) is 2.33. The molecule has 1 aromatic rings. The van der Waals surface area contributed by atoms with Crippen LogP contribution in [0.2, 0.25) is 0 Å². The predicted octanol–water partition coefficient (Wildman–Crippen LogP) is 1.31. The van der Waals surface area contributed by atoms with Crippen LogP contribution in [-0.2, 0) is 19.6 Å². The zero-order valence-corrected chi connectivity index (χ0v) is 13.3. The molecule has 0 spiro atoms. The lowest BCUT2D eigenvalue weighted by Crippen LogP contribution is -2.45. The van der Waals surface area contributed by atoms with Crippen LogP contribution in [-0.4, -0.2) is 48.6 Å². The molecule has 3 rings (SSSR count). The van der Waals surface area contributed by atoms with E-state index in [9.17, 15) is 18.3 Å². The summed E-state index contributed by atoms with van der Waals surface area (Å²) in [6, 6.07) is 3.64. The minimum Gasteiger partial charge on any atom is -0.480 e. The van der Waals surface area contributed by atoms with Crippen molar-refractivity contribution in [3.63, 3.8) is 0 Å². The molecule has 2 aliphatic rings. The van der Waals surface area contributed by atoms with Gasteiger partial charge in [-0.3, -0.25) is 4.79 Å². The van der Waals surface area contributed by atoms with Crippen molar-refractivity contribution in [2.45, 2.75) is 49.8 Å². The first-order valence-electron chi connectivity index (χ1n) is 7.27. The number of sulfonamides is 1. The number of carboxylic acids is 1. The van der Waals surface area contributed by atoms with Crippen LogP contribution in [0.3, 0.4) is 0 Å². The lowest BCUT2D eigenvalue weighted by atomic mass is 10.1. The fourth-order valence-electron chi connectivity index (χ4n) is 3.47. The van der Waals surface area contributed by atoms with Crippen molar-refractivity contribution in [1.29, 1.82) is 0 Å². The zero-order valence-electron chi connectivity index (χ0n) is 12.5. The lowest BCUT2D eigenvalue weighted by molar-refractivity contribution is -0.141. The van der Waals surface area contributed by atoms with Gasteiger partial charge in [0.05, 0.1) is 17.0 Å². The molecule has 0 saturated carbocycles. The Kier molecular flexibility index (Phi) is 3.74. The number of benzene rings is 1. The third-order valence-electron chi connectivity index (χ3n) is 4.44. The van der Waals surface area contributed by atoms with Crippen molar-refractivity contribution in [3.8, 4) is 0 Å². The molecule has 120 valence electrons. The summed E-state index contributed by atoms with van der Waals surface area (Å²) in [5.74, 6) is -1.12. The number of aryl methyl sites for hydroxylation is 2. The van der Waals surface area contributed by atoms with Gasteiger partial charge in [0, 0.05) is 13.0 Å². The molecule has 1 N–H and O–H groups in total. The van der Waals surface area contributed by atoms with Gasteiger partial charge < -0.3 is 9.84 Å². The van der Waals surface area contributed by atoms with Gasteiger partial charge in [-0.2, -0.15) is 4.31 Å². The molecule has 1 aromatic carbocycles. The van der Waals surface area contributed by atoms with E-state index in [1.165, 1.54) is 0 Å². The third-order valence-corrected chi connectivity index (χ3v) is 6.53. The normalized spacial score (nSPS) is 28.7. The predicted molar refractivity (Wildman–Crippen MR) is 79.1 cm³/mol. The number of rotatable bonds is 3. The van der Waals surface area contributed by atoms with E-state index in [1.54, 1.807) is 25.1 Å². The summed E-state index contributed by atoms with van der Waals surface area (Å²) in [4.78, 5) is 11.7. The molecule has 0 aliphatic carbocycles. The Morgan fingerprint density at radius 2 is 2.09 bits per heavy atom. The largest absolute Gasteiger partial charge is 0.480 e. The van der Waals surface area contributed by atoms with Crippen LogP contribution in [0.5, 0.6) is 0 Å². The Labute approximate surface area is 129 Å². The summed E-state index contributed by atoms with van der Waals surface area (Å²) >= 11 is 0. The Hall–Kier alpha value is -1.44. The van der Waals surface area contributed by atoms with Crippen molar-refractivity contribution < 1.29 is 23.1 Å². The number of carbonyl (C=O) groups is 1. The first-order chi connectivity index (χ1) is 10.3. The van der Waals surface area contributed by atoms with Crippen LogP contribution in [0.15, 0.2) is 23.1 Å². The van der Waals surface area contributed by atoms with Crippen LogP contribution < -0.4 is 0 Å². The lowest BCUT2D eigenvalue weighted by Gasteiger charge is -2.26. The summed E-state index contributed by atoms with van der Waals surface area (Å²) in [5, 5.41) is 9.40. The fraction of sp³-hybridized carbons (Fsp3) is 0.533. The molecule has 7 heteroatoms. The number of carboxylic acid groups (broad SMARTS) is 1. The number of aliphatic carboxylic acids is 1. The van der Waals surface area contributed by atoms with Gasteiger partial charge in [0.1, 0.15) is 6.04 Å². The van der Waals surface area contributed by atoms with Gasteiger partial charge in [-0.15, -0.1) is 0 Å². The molecule has 0 bridgehead atoms. The minimum atomic E-state index is -3.86. The van der Waals surface area contributed by atoms with E-state index in [4.69, 9.17) is 4.74 Å². The van der Waals surface area contributed by atoms with E-state index >= 15 is 0 Å². The second-order valence-corrected chi connectivity index (χ2v) is 7.77. The molecular weight excluding hydrogens is 306 g/mol. The van der Waals surface area contributed by atoms with Crippen molar-refractivity contribution in [3.05, 3.63) is 29.3 Å². The summed E-state index contributed by atoms with van der Waals surface area (Å²) < 4.78 is 32.7. The average molecular weight is 325 g/mol. The second-order valence-electron chi connectivity index (χ2n) is 5.96. The maximum atomic E-state index is 13.0. The van der Waals surface area contributed by atoms with Gasteiger partial charge in [0.15, 0.2) is 0 Å². The molecule has 2 heterocycles. The molecule has 0 amide bonds. The van der Waals surface area contributed by atoms with Crippen LogP contribution >= 0.6 is 0 Å². The smallest absolute Gasteiger partial charge is 0.322 e. The van der Waals surface area contributed by atoms with E-state index < -0.39 is 22.0 Å². The topological polar surface area (TPSA) is 83.9 Å². The maximum absolute atomic E-state index is 13.0. The van der Waals surface area contributed by atoms with Gasteiger partial charge in [0.2, 0.25) is 10.0 Å². The van der Waals surface area contributed by atoms with E-state index in [1.807, 2.05) is 6.92 Å². The highest BCUT2D eigenvalue weighted by Gasteiger charge is 2.53. The molecule has 2 saturated heterocycles. The number of hydrogen-bond donors (Lipinski definition) is 1. The van der Waals surface area contributed by atoms with Gasteiger partial charge in [-0.1, -0.05) is 17.7 Å². The highest BCUT2D eigenvalue weighted by atomic mass is 32.2. The Morgan fingerprint density at radius 1 is 1.36 bits per heavy atom. The quantitative estimate of drug-likeness (QED) is 0.906. The van der Waals surface area contributed by atoms with Crippen molar-refractivity contribution in [2.24, 2.45) is 0 Å². The van der Waals surface area contributed by atoms with Gasteiger partial charge in [-0.25, -0.2) is 8.42 Å². The number of ether oxygens (including phenoxy) is 1. The summed E-state index contributed by atoms with van der Waals surface area (Å²) in [6.07, 6.45) is 0.435. The molecule has 6 nitrogen and oxygen atoms in total. The van der Waals surface area contributed by atoms with Gasteiger partial charge in [-0.05, 0) is 31.9 Å². The van der Waals surface area contributed by atoms with Crippen LogP contribution in [0.4, 0.5) is 0 Å². The standard InChI is InChI=1S/C15H19NO5S/c1-9-3-4-14(10(2)7-9)22(19,20)16-11-5-6-21-13(11)8-12(16)15(17)18/h3-4,7,11-13H,5-6,8H2,1-2H3,(H,17,18)/t11-,12?,13-/m0/s1. The Balaban J connectivity index is 2.07. The van der Waals surface area contributed by atoms with Crippen LogP contribution in [0, 0.1) is 13.8 Å². The molecule has 0 aromatic heterocycles. The molecule has 2 fully saturated rings. The highest BCUT2D eigenvalue weighted by molar-refractivity contribution is 7.89. The number of nitrogens with zero attached hydrogens (tertiary/aromatic N) is 1. The van der Waals surface area contributed by atoms with Crippen LogP contribution in [0.25, 0.3) is 0 Å². The SMILES string of the molecule is Cc1ccc(S(=O)(=O)N2C(C(=O)O)C[C@@H]3OCC[C@@H]32)c(C)c1. The fourth-order valence-corrected chi connectivity index (χ4v) is 5.51. The second kappa shape index (κ2) is 5.33. The number of hydrogen-bond acceptors (Lipinski definition) is 4. The monoisotopic (exact) mass is 325 g/mol. The van der Waals surface area contributed by atoms with Crippen molar-refractivity contribution in [1.82, 2.24) is 4.31 Å². The molecule has 1 unspecified atom stereocenters. The summed E-state index contributed by atoms with van der Waals surface area (Å²) in [7, 11) is -3.86. The Bertz CT molecular complexity index is 715. The van der Waals surface area contributed by atoms with E-state index in [-0.39, 0.29) is 23.5 Å². The first-order valence-corrected chi connectivity index (χ1v) is 8.71. The van der Waals surface area contributed by atoms with Gasteiger partial charge in [0.25, 0.3) is 0 Å². The molecule has 2 aliphatic heterocycles. The van der Waals surface area contributed by atoms with Crippen molar-refractivity contribution >= 4 is 16.0 Å². The summed E-state index contributed by atoms with van der Waals surface area (Å²) in [6.45, 7) is 4.09. The molecule has 0 radical (unpaired) electrons. The van der Waals surface area contributed by atoms with Gasteiger partial charge >= 0.3 is 5.97 Å². The highest BCUT2D eigenvalue weighted by Crippen LogP contribution is 2.38. The first kappa shape index (κ1) is 15.5. The van der Waals surface area contributed by atoms with E-state index in [0.717, 1.165) is 9.87 Å². The summed E-state index contributed by atoms with van der Waals surface area (Å²) in [5.41, 5.74) is 1.60. The molecule has 3 atom stereocenters. The zero-order chi connectivity index (χ0) is 16.1. The Morgan fingerprint density at radius 3 is 2.73 bits per heavy atom. The maximum Gasteiger partial charge on any atom is 0.322 e. The molecular formula is C15H19NO5S. The van der Waals surface area contributed by atoms with E-state index in [0.29, 0.717) is 18.6 Å². The molecule has 22 heavy (non-hydrogen) atoms. The average Bonchev–Trinajstić information content (AvgIpc) is 2.96. The minimum absolute atomic E-state index is 0.178. The van der Waals surface area contributed by atoms with E-state index in [2.05, 4.69) is 0 Å².